The second-order valence-corrected chi connectivity index (χ2v) is 6.95. The van der Waals surface area contributed by atoms with Crippen molar-refractivity contribution in [2.24, 2.45) is 4.99 Å². The number of benzene rings is 2. The highest BCUT2D eigenvalue weighted by atomic mass is 79.9. The van der Waals surface area contributed by atoms with E-state index in [0.29, 0.717) is 6.04 Å². The number of morpholine rings is 1. The van der Waals surface area contributed by atoms with E-state index in [2.05, 4.69) is 64.2 Å². The summed E-state index contributed by atoms with van der Waals surface area (Å²) < 4.78 is 6.82. The summed E-state index contributed by atoms with van der Waals surface area (Å²) in [4.78, 5) is 7.43. The molecule has 0 aliphatic carbocycles. The number of hydrogen-bond donors (Lipinski definition) is 0. The summed E-state index contributed by atoms with van der Waals surface area (Å²) in [5, 5.41) is 0. The average Bonchev–Trinajstić information content (AvgIpc) is 2.74. The van der Waals surface area contributed by atoms with Crippen molar-refractivity contribution in [1.82, 2.24) is 0 Å². The molecular formula is C19H19BrN2O. The van der Waals surface area contributed by atoms with Gasteiger partial charge >= 0.3 is 0 Å². The number of fused-ring (bicyclic) bond motifs is 3. The summed E-state index contributed by atoms with van der Waals surface area (Å²) in [5.41, 5.74) is 5.99. The van der Waals surface area contributed by atoms with E-state index in [1.807, 2.05) is 6.07 Å². The Balaban J connectivity index is 1.91. The Morgan fingerprint density at radius 1 is 1.22 bits per heavy atom. The van der Waals surface area contributed by atoms with Crippen molar-refractivity contribution in [3.63, 3.8) is 0 Å². The normalized spacial score (nSPS) is 20.3. The van der Waals surface area contributed by atoms with Crippen LogP contribution in [0.5, 0.6) is 0 Å². The molecule has 0 saturated carbocycles. The second-order valence-electron chi connectivity index (χ2n) is 6.10. The van der Waals surface area contributed by atoms with Gasteiger partial charge < -0.3 is 9.64 Å². The molecular weight excluding hydrogens is 352 g/mol. The maximum atomic E-state index is 5.68. The van der Waals surface area contributed by atoms with Gasteiger partial charge in [-0.05, 0) is 24.6 Å². The standard InChI is InChI=1S/C19H19BrN2O/c1-13-9-18-16(10-17(13)20)19(14-5-3-2-4-6-14)21-11-15-12-23-8-7-22(15)18/h2-6,9-10,15H,7-8,11-12H2,1H3. The Morgan fingerprint density at radius 2 is 2.04 bits per heavy atom. The highest BCUT2D eigenvalue weighted by Crippen LogP contribution is 2.34. The van der Waals surface area contributed by atoms with Crippen LogP contribution in [0.15, 0.2) is 51.9 Å². The zero-order valence-electron chi connectivity index (χ0n) is 13.1. The molecule has 0 bridgehead atoms. The zero-order valence-corrected chi connectivity index (χ0v) is 14.7. The van der Waals surface area contributed by atoms with Gasteiger partial charge in [0.05, 0.1) is 31.5 Å². The summed E-state index contributed by atoms with van der Waals surface area (Å²) in [5.74, 6) is 0. The van der Waals surface area contributed by atoms with E-state index in [9.17, 15) is 0 Å². The van der Waals surface area contributed by atoms with E-state index in [-0.39, 0.29) is 0 Å². The average molecular weight is 371 g/mol. The lowest BCUT2D eigenvalue weighted by molar-refractivity contribution is 0.0966. The van der Waals surface area contributed by atoms with Gasteiger partial charge in [-0.25, -0.2) is 0 Å². The summed E-state index contributed by atoms with van der Waals surface area (Å²) >= 11 is 3.69. The smallest absolute Gasteiger partial charge is 0.0741 e. The van der Waals surface area contributed by atoms with Crippen LogP contribution in [-0.2, 0) is 4.74 Å². The number of hydrogen-bond acceptors (Lipinski definition) is 3. The Labute approximate surface area is 145 Å². The number of aryl methyl sites for hydroxylation is 1. The quantitative estimate of drug-likeness (QED) is 0.762. The van der Waals surface area contributed by atoms with Crippen molar-refractivity contribution in [3.05, 3.63) is 63.6 Å². The van der Waals surface area contributed by atoms with Gasteiger partial charge in [-0.2, -0.15) is 0 Å². The first kappa shape index (κ1) is 14.9. The molecule has 23 heavy (non-hydrogen) atoms. The number of aliphatic imine (C=N–C) groups is 1. The van der Waals surface area contributed by atoms with Gasteiger partial charge in [-0.15, -0.1) is 0 Å². The van der Waals surface area contributed by atoms with Crippen LogP contribution in [0.3, 0.4) is 0 Å². The van der Waals surface area contributed by atoms with Gasteiger partial charge in [0.25, 0.3) is 0 Å². The monoisotopic (exact) mass is 370 g/mol. The third-order valence-electron chi connectivity index (χ3n) is 4.58. The molecule has 0 N–H and O–H groups in total. The molecule has 2 heterocycles. The molecule has 118 valence electrons. The Morgan fingerprint density at radius 3 is 2.87 bits per heavy atom. The number of anilines is 1. The molecule has 2 aliphatic rings. The van der Waals surface area contributed by atoms with Crippen molar-refractivity contribution in [2.75, 3.05) is 31.2 Å². The minimum atomic E-state index is 0.323. The highest BCUT2D eigenvalue weighted by molar-refractivity contribution is 9.10. The van der Waals surface area contributed by atoms with E-state index >= 15 is 0 Å². The van der Waals surface area contributed by atoms with Crippen LogP contribution < -0.4 is 4.90 Å². The molecule has 0 spiro atoms. The lowest BCUT2D eigenvalue weighted by atomic mass is 9.98. The largest absolute Gasteiger partial charge is 0.377 e. The van der Waals surface area contributed by atoms with Gasteiger partial charge in [-0.1, -0.05) is 46.3 Å². The molecule has 1 unspecified atom stereocenters. The molecule has 0 radical (unpaired) electrons. The molecule has 1 fully saturated rings. The summed E-state index contributed by atoms with van der Waals surface area (Å²) in [6.45, 7) is 5.38. The number of rotatable bonds is 1. The minimum Gasteiger partial charge on any atom is -0.377 e. The zero-order chi connectivity index (χ0) is 15.8. The SMILES string of the molecule is Cc1cc2c(cc1Br)C(c1ccccc1)=NCC1COCCN21. The molecule has 1 atom stereocenters. The molecule has 0 aromatic heterocycles. The van der Waals surface area contributed by atoms with Gasteiger partial charge in [-0.3, -0.25) is 4.99 Å². The van der Waals surface area contributed by atoms with Crippen LogP contribution in [0.4, 0.5) is 5.69 Å². The number of halogens is 1. The molecule has 4 rings (SSSR count). The molecule has 3 nitrogen and oxygen atoms in total. The lowest BCUT2D eigenvalue weighted by Gasteiger charge is -2.36. The Bertz CT molecular complexity index is 757. The molecule has 2 aromatic carbocycles. The van der Waals surface area contributed by atoms with Crippen LogP contribution in [0.2, 0.25) is 0 Å². The van der Waals surface area contributed by atoms with E-state index in [4.69, 9.17) is 9.73 Å². The predicted molar refractivity (Wildman–Crippen MR) is 97.8 cm³/mol. The van der Waals surface area contributed by atoms with Crippen molar-refractivity contribution in [2.45, 2.75) is 13.0 Å². The lowest BCUT2D eigenvalue weighted by Crippen LogP contribution is -2.47. The number of nitrogens with zero attached hydrogens (tertiary/aromatic N) is 2. The van der Waals surface area contributed by atoms with Crippen LogP contribution >= 0.6 is 15.9 Å². The topological polar surface area (TPSA) is 24.8 Å². The highest BCUT2D eigenvalue weighted by Gasteiger charge is 2.29. The summed E-state index contributed by atoms with van der Waals surface area (Å²) in [7, 11) is 0. The maximum absolute atomic E-state index is 5.68. The maximum Gasteiger partial charge on any atom is 0.0741 e. The van der Waals surface area contributed by atoms with Crippen molar-refractivity contribution >= 4 is 27.3 Å². The van der Waals surface area contributed by atoms with Gasteiger partial charge in [0.15, 0.2) is 0 Å². The van der Waals surface area contributed by atoms with Crippen molar-refractivity contribution in [3.8, 4) is 0 Å². The van der Waals surface area contributed by atoms with Crippen LogP contribution in [0.25, 0.3) is 0 Å². The van der Waals surface area contributed by atoms with Gasteiger partial charge in [0.2, 0.25) is 0 Å². The first-order valence-corrected chi connectivity index (χ1v) is 8.78. The molecule has 0 amide bonds. The minimum absolute atomic E-state index is 0.323. The number of ether oxygens (including phenoxy) is 1. The van der Waals surface area contributed by atoms with E-state index in [1.54, 1.807) is 0 Å². The third kappa shape index (κ3) is 2.70. The Hall–Kier alpha value is -1.65. The first-order valence-electron chi connectivity index (χ1n) is 7.99. The fraction of sp³-hybridized carbons (Fsp3) is 0.316. The molecule has 1 saturated heterocycles. The van der Waals surface area contributed by atoms with Crippen LogP contribution in [-0.4, -0.2) is 38.1 Å². The Kier molecular flexibility index (Phi) is 3.95. The third-order valence-corrected chi connectivity index (χ3v) is 5.43. The van der Waals surface area contributed by atoms with Crippen molar-refractivity contribution < 1.29 is 4.74 Å². The van der Waals surface area contributed by atoms with Gasteiger partial charge in [0.1, 0.15) is 0 Å². The first-order chi connectivity index (χ1) is 11.2. The van der Waals surface area contributed by atoms with E-state index in [0.717, 1.165) is 36.5 Å². The van der Waals surface area contributed by atoms with E-state index in [1.165, 1.54) is 22.4 Å². The van der Waals surface area contributed by atoms with Crippen LogP contribution in [0, 0.1) is 6.92 Å². The summed E-state index contributed by atoms with van der Waals surface area (Å²) in [6.07, 6.45) is 0. The molecule has 2 aromatic rings. The van der Waals surface area contributed by atoms with E-state index < -0.39 is 0 Å². The van der Waals surface area contributed by atoms with Crippen LogP contribution in [0.1, 0.15) is 16.7 Å². The molecule has 4 heteroatoms. The molecule has 2 aliphatic heterocycles. The second kappa shape index (κ2) is 6.10. The predicted octanol–water partition coefficient (Wildman–Crippen LogP) is 3.81. The van der Waals surface area contributed by atoms with Gasteiger partial charge in [0, 0.05) is 27.8 Å². The summed E-state index contributed by atoms with van der Waals surface area (Å²) in [6, 6.07) is 15.3. The fourth-order valence-electron chi connectivity index (χ4n) is 3.34. The van der Waals surface area contributed by atoms with Crippen molar-refractivity contribution in [1.29, 1.82) is 0 Å². The fourth-order valence-corrected chi connectivity index (χ4v) is 3.68.